The molecule has 0 saturated carbocycles. The first-order valence-electron chi connectivity index (χ1n) is 13.5. The van der Waals surface area contributed by atoms with Gasteiger partial charge in [0.1, 0.15) is 0 Å². The van der Waals surface area contributed by atoms with Gasteiger partial charge in [-0.05, 0) is 0 Å². The minimum Gasteiger partial charge on any atom is -1.00 e. The first kappa shape index (κ1) is 30.3. The van der Waals surface area contributed by atoms with Gasteiger partial charge in [-0.1, -0.05) is 0 Å². The molecule has 0 saturated heterocycles. The van der Waals surface area contributed by atoms with Gasteiger partial charge in [0.15, 0.2) is 0 Å². The summed E-state index contributed by atoms with van der Waals surface area (Å²) in [4.78, 5) is 0. The smallest absolute Gasteiger partial charge is 1.00 e. The second kappa shape index (κ2) is 13.3. The Kier molecular flexibility index (Phi) is 10.3. The summed E-state index contributed by atoms with van der Waals surface area (Å²) in [5.41, 5.74) is 9.65. The Labute approximate surface area is 259 Å². The fourth-order valence-electron chi connectivity index (χ4n) is 6.41. The number of benzene rings is 4. The van der Waals surface area contributed by atoms with Crippen LogP contribution in [0.25, 0.3) is 11.1 Å². The third-order valence-corrected chi connectivity index (χ3v) is 15.3. The summed E-state index contributed by atoms with van der Waals surface area (Å²) >= 11 is -1.15. The van der Waals surface area contributed by atoms with E-state index < -0.39 is 23.2 Å². The van der Waals surface area contributed by atoms with E-state index in [0.29, 0.717) is 12.4 Å². The normalized spacial score (nSPS) is 15.6. The van der Waals surface area contributed by atoms with Crippen LogP contribution >= 0.6 is 7.92 Å². The van der Waals surface area contributed by atoms with Crippen molar-refractivity contribution in [1.29, 1.82) is 0 Å². The molecule has 0 spiro atoms. The van der Waals surface area contributed by atoms with Crippen LogP contribution in [0.4, 0.5) is 0 Å². The van der Waals surface area contributed by atoms with Gasteiger partial charge in [-0.25, -0.2) is 0 Å². The maximum absolute atomic E-state index is 2.54. The maximum atomic E-state index is 2.54. The molecule has 1 unspecified atom stereocenters. The maximum Gasteiger partial charge on any atom is -1.00 e. The van der Waals surface area contributed by atoms with Gasteiger partial charge >= 0.3 is 237 Å². The molecular weight excluding hydrogens is 612 g/mol. The van der Waals surface area contributed by atoms with Crippen molar-refractivity contribution in [2.75, 3.05) is 12.3 Å². The molecular formula is C34H32BCl2PZr. The molecule has 2 aliphatic rings. The monoisotopic (exact) mass is 642 g/mol. The second-order valence-electron chi connectivity index (χ2n) is 10.0. The SMILES string of the molecule is CCP(CC)C1c2ccccc2-c2ccc[c]([Zr+2][C]3(B(c4ccccc4)c4ccccc4)C=CC=C3)c21.[Cl-].[Cl-]. The fourth-order valence-corrected chi connectivity index (χ4v) is 13.8. The summed E-state index contributed by atoms with van der Waals surface area (Å²) in [5.74, 6) is 0. The van der Waals surface area contributed by atoms with E-state index in [4.69, 9.17) is 0 Å². The van der Waals surface area contributed by atoms with Crippen molar-refractivity contribution in [2.24, 2.45) is 0 Å². The van der Waals surface area contributed by atoms with Gasteiger partial charge in [0.2, 0.25) is 0 Å². The predicted octanol–water partition coefficient (Wildman–Crippen LogP) is 1.13. The van der Waals surface area contributed by atoms with Crippen molar-refractivity contribution in [2.45, 2.75) is 22.5 Å². The van der Waals surface area contributed by atoms with Crippen LogP contribution in [0.5, 0.6) is 0 Å². The molecule has 194 valence electrons. The van der Waals surface area contributed by atoms with E-state index in [1.807, 2.05) is 0 Å². The molecule has 5 heteroatoms. The van der Waals surface area contributed by atoms with Crippen molar-refractivity contribution in [3.8, 4) is 11.1 Å². The van der Waals surface area contributed by atoms with Crippen LogP contribution < -0.4 is 39.0 Å². The van der Waals surface area contributed by atoms with Crippen LogP contribution in [-0.2, 0) is 23.2 Å². The van der Waals surface area contributed by atoms with E-state index in [1.165, 1.54) is 34.4 Å². The molecule has 4 aromatic rings. The van der Waals surface area contributed by atoms with Crippen LogP contribution in [0, 0.1) is 0 Å². The van der Waals surface area contributed by atoms with E-state index in [0.717, 1.165) is 0 Å². The summed E-state index contributed by atoms with van der Waals surface area (Å²) in [7, 11) is -0.0931. The van der Waals surface area contributed by atoms with Crippen LogP contribution in [0.3, 0.4) is 0 Å². The summed E-state index contributed by atoms with van der Waals surface area (Å²) < 4.78 is 1.74. The minimum atomic E-state index is -1.15. The third kappa shape index (κ3) is 5.61. The number of halogens is 2. The zero-order valence-electron chi connectivity index (χ0n) is 22.4. The number of allylic oxidation sites excluding steroid dienone is 4. The summed E-state index contributed by atoms with van der Waals surface area (Å²) in [5, 5.41) is 0. The van der Waals surface area contributed by atoms with Gasteiger partial charge in [-0.2, -0.15) is 0 Å². The molecule has 0 nitrogen and oxygen atoms in total. The Hall–Kier alpha value is -1.68. The predicted molar refractivity (Wildman–Crippen MR) is 160 cm³/mol. The number of hydrogen-bond acceptors (Lipinski definition) is 0. The van der Waals surface area contributed by atoms with Crippen molar-refractivity contribution in [1.82, 2.24) is 0 Å². The molecule has 0 aliphatic heterocycles. The summed E-state index contributed by atoms with van der Waals surface area (Å²) in [6.07, 6.45) is 12.3. The second-order valence-corrected chi connectivity index (χ2v) is 17.0. The van der Waals surface area contributed by atoms with Gasteiger partial charge < -0.3 is 24.8 Å². The Morgan fingerprint density at radius 1 is 0.667 bits per heavy atom. The Balaban J connectivity index is 0.00000176. The Bertz CT molecular complexity index is 1400. The van der Waals surface area contributed by atoms with Crippen molar-refractivity contribution in [3.63, 3.8) is 0 Å². The third-order valence-electron chi connectivity index (χ3n) is 8.05. The molecule has 0 fully saturated rings. The first-order chi connectivity index (χ1) is 18.3. The molecule has 0 bridgehead atoms. The van der Waals surface area contributed by atoms with E-state index in [1.54, 1.807) is 14.4 Å². The molecule has 2 aliphatic carbocycles. The quantitative estimate of drug-likeness (QED) is 0.200. The molecule has 0 amide bonds. The molecule has 6 rings (SSSR count). The zero-order valence-corrected chi connectivity index (χ0v) is 27.3. The number of rotatable bonds is 8. The summed E-state index contributed by atoms with van der Waals surface area (Å²) in [6.45, 7) is 5.14. The number of hydrogen-bond donors (Lipinski definition) is 0. The van der Waals surface area contributed by atoms with E-state index in [-0.39, 0.29) is 35.8 Å². The van der Waals surface area contributed by atoms with Crippen molar-refractivity contribution >= 4 is 28.8 Å². The Morgan fingerprint density at radius 3 is 1.79 bits per heavy atom. The minimum absolute atomic E-state index is 0. The van der Waals surface area contributed by atoms with Crippen molar-refractivity contribution in [3.05, 3.63) is 139 Å². The molecule has 4 aromatic carbocycles. The van der Waals surface area contributed by atoms with E-state index in [2.05, 4.69) is 141 Å². The molecule has 39 heavy (non-hydrogen) atoms. The number of fused-ring (bicyclic) bond motifs is 3. The van der Waals surface area contributed by atoms with Crippen LogP contribution in [-0.4, -0.2) is 19.0 Å². The van der Waals surface area contributed by atoms with Crippen LogP contribution in [0.1, 0.15) is 30.6 Å². The van der Waals surface area contributed by atoms with E-state index >= 15 is 0 Å². The molecule has 0 aromatic heterocycles. The van der Waals surface area contributed by atoms with Gasteiger partial charge in [-0.15, -0.1) is 0 Å². The fraction of sp³-hybridized carbons (Fsp3) is 0.176. The largest absolute Gasteiger partial charge is 1.00 e. The van der Waals surface area contributed by atoms with E-state index in [9.17, 15) is 0 Å². The average molecular weight is 645 g/mol. The average Bonchev–Trinajstić information content (AvgIpc) is 3.55. The standard InChI is InChI=1S/C17H14B.C17H18P.2ClH.Zr/c1-3-9-15(10-4-1)18(17-13-7-8-14-17)16-11-5-2-6-12-16;1-3-18(4-2)17-15-11-7-5-9-13(15)14-10-6-8-12-16(14)17;;;/h1-14H;5-11,17H,3-4H2,1-2H3;2*1H;/q;;;;+2/p-2. The molecule has 0 radical (unpaired) electrons. The van der Waals surface area contributed by atoms with Gasteiger partial charge in [0.05, 0.1) is 0 Å². The van der Waals surface area contributed by atoms with Gasteiger partial charge in [-0.3, -0.25) is 0 Å². The molecule has 0 heterocycles. The van der Waals surface area contributed by atoms with Gasteiger partial charge in [0, 0.05) is 0 Å². The first-order valence-corrected chi connectivity index (χ1v) is 17.7. The van der Waals surface area contributed by atoms with Crippen LogP contribution in [0.2, 0.25) is 3.02 Å². The van der Waals surface area contributed by atoms with Crippen molar-refractivity contribution < 1.29 is 48.0 Å². The molecule has 1 atom stereocenters. The summed E-state index contributed by atoms with van der Waals surface area (Å²) in [6, 6.07) is 38.9. The zero-order chi connectivity index (χ0) is 25.2. The topological polar surface area (TPSA) is 0 Å². The van der Waals surface area contributed by atoms with Crippen LogP contribution in [0.15, 0.2) is 127 Å². The molecule has 0 N–H and O–H groups in total. The Morgan fingerprint density at radius 2 is 1.21 bits per heavy atom. The van der Waals surface area contributed by atoms with Gasteiger partial charge in [0.25, 0.3) is 0 Å².